The van der Waals surface area contributed by atoms with Gasteiger partial charge in [-0.25, -0.2) is 0 Å². The Morgan fingerprint density at radius 3 is 2.11 bits per heavy atom. The van der Waals surface area contributed by atoms with Crippen LogP contribution < -0.4 is 20.6 Å². The van der Waals surface area contributed by atoms with Gasteiger partial charge in [0.15, 0.2) is 0 Å². The second kappa shape index (κ2) is 9.99. The van der Waals surface area contributed by atoms with Crippen LogP contribution in [-0.2, 0) is 21.7 Å². The van der Waals surface area contributed by atoms with Crippen molar-refractivity contribution in [3.8, 4) is 10.4 Å². The molecule has 0 saturated carbocycles. The van der Waals surface area contributed by atoms with Crippen molar-refractivity contribution in [2.45, 2.75) is 104 Å². The van der Waals surface area contributed by atoms with Gasteiger partial charge in [0, 0.05) is 32.0 Å². The van der Waals surface area contributed by atoms with Crippen molar-refractivity contribution in [1.29, 1.82) is 0 Å². The Kier molecular flexibility index (Phi) is 6.54. The zero-order chi connectivity index (χ0) is 33.3. The molecule has 3 heteroatoms. The van der Waals surface area contributed by atoms with Crippen molar-refractivity contribution in [2.24, 2.45) is 0 Å². The van der Waals surface area contributed by atoms with Crippen molar-refractivity contribution in [2.75, 3.05) is 4.90 Å². The van der Waals surface area contributed by atoms with E-state index in [1.807, 2.05) is 11.3 Å². The Hall–Kier alpha value is -3.56. The summed E-state index contributed by atoms with van der Waals surface area (Å²) in [7, 11) is 0. The number of anilines is 3. The van der Waals surface area contributed by atoms with Crippen LogP contribution in [0.3, 0.4) is 0 Å². The summed E-state index contributed by atoms with van der Waals surface area (Å²) >= 11 is 2.04. The fraction of sp³-hybridized carbons (Fsp3) is 0.364. The quantitative estimate of drug-likeness (QED) is 0.172. The molecule has 3 aliphatic rings. The summed E-state index contributed by atoms with van der Waals surface area (Å²) in [5.74, 6) is 0. The SMILES string of the molecule is Cc1ccc2c(c1)N(c1ccc(C(C)(C)C)cc1)c1c(sc3c1C(C)(C)c1ccccc1-3)B2c1ccc2c(c1)C(C)(C)CCC2(C)C. The van der Waals surface area contributed by atoms with Crippen LogP contribution in [0, 0.1) is 6.92 Å². The minimum absolute atomic E-state index is 0.104. The third kappa shape index (κ3) is 4.48. The third-order valence-corrected chi connectivity index (χ3v) is 13.1. The lowest BCUT2D eigenvalue weighted by Gasteiger charge is -2.43. The van der Waals surface area contributed by atoms with Crippen molar-refractivity contribution < 1.29 is 0 Å². The summed E-state index contributed by atoms with van der Waals surface area (Å²) in [6, 6.07) is 33.3. The van der Waals surface area contributed by atoms with Gasteiger partial charge in [-0.05, 0) is 93.1 Å². The smallest absolute Gasteiger partial charge is 0.259 e. The molecule has 1 nitrogen and oxygen atoms in total. The van der Waals surface area contributed by atoms with E-state index in [0.717, 1.165) is 0 Å². The highest BCUT2D eigenvalue weighted by molar-refractivity contribution is 7.31. The summed E-state index contributed by atoms with van der Waals surface area (Å²) in [6.45, 7) is 24.0. The summed E-state index contributed by atoms with van der Waals surface area (Å²) in [6.07, 6.45) is 2.45. The lowest BCUT2D eigenvalue weighted by molar-refractivity contribution is 0.332. The van der Waals surface area contributed by atoms with Gasteiger partial charge in [-0.2, -0.15) is 0 Å². The summed E-state index contributed by atoms with van der Waals surface area (Å²) < 4.78 is 1.47. The molecule has 47 heavy (non-hydrogen) atoms. The molecule has 8 rings (SSSR count). The lowest BCUT2D eigenvalue weighted by atomic mass is 9.37. The van der Waals surface area contributed by atoms with Gasteiger partial charge < -0.3 is 4.90 Å². The zero-order valence-electron chi connectivity index (χ0n) is 29.9. The molecule has 1 aliphatic heterocycles. The minimum atomic E-state index is -0.104. The molecule has 0 N–H and O–H groups in total. The molecule has 0 amide bonds. The molecular formula is C44H48BNS. The predicted molar refractivity (Wildman–Crippen MR) is 206 cm³/mol. The predicted octanol–water partition coefficient (Wildman–Crippen LogP) is 10.3. The number of fused-ring (bicyclic) bond motifs is 7. The molecule has 0 bridgehead atoms. The molecular weight excluding hydrogens is 585 g/mol. The molecule has 2 aliphatic carbocycles. The fourth-order valence-electron chi connectivity index (χ4n) is 8.84. The molecule has 0 radical (unpaired) electrons. The van der Waals surface area contributed by atoms with Crippen LogP contribution in [0.25, 0.3) is 10.4 Å². The Labute approximate surface area is 287 Å². The number of hydrogen-bond acceptors (Lipinski definition) is 2. The fourth-order valence-corrected chi connectivity index (χ4v) is 10.5. The molecule has 1 aromatic heterocycles. The highest BCUT2D eigenvalue weighted by atomic mass is 32.1. The van der Waals surface area contributed by atoms with E-state index >= 15 is 0 Å². The average molecular weight is 634 g/mol. The molecule has 0 unspecified atom stereocenters. The van der Waals surface area contributed by atoms with E-state index in [2.05, 4.69) is 159 Å². The molecule has 5 aromatic rings. The third-order valence-electron chi connectivity index (χ3n) is 11.8. The van der Waals surface area contributed by atoms with Crippen LogP contribution >= 0.6 is 11.3 Å². The minimum Gasteiger partial charge on any atom is -0.310 e. The van der Waals surface area contributed by atoms with E-state index in [1.54, 1.807) is 0 Å². The number of rotatable bonds is 2. The van der Waals surface area contributed by atoms with Crippen LogP contribution in [-0.4, -0.2) is 6.71 Å². The highest BCUT2D eigenvalue weighted by Gasteiger charge is 2.47. The number of thiophene rings is 1. The molecule has 0 spiro atoms. The maximum Gasteiger partial charge on any atom is 0.259 e. The first-order chi connectivity index (χ1) is 22.1. The maximum atomic E-state index is 2.62. The second-order valence-corrected chi connectivity index (χ2v) is 18.4. The average Bonchev–Trinajstić information content (AvgIpc) is 3.51. The van der Waals surface area contributed by atoms with E-state index in [4.69, 9.17) is 0 Å². The van der Waals surface area contributed by atoms with Crippen LogP contribution in [0.4, 0.5) is 17.1 Å². The summed E-state index contributed by atoms with van der Waals surface area (Å²) in [5, 5.41) is 0. The Bertz CT molecular complexity index is 2070. The van der Waals surface area contributed by atoms with Gasteiger partial charge in [0.1, 0.15) is 0 Å². The van der Waals surface area contributed by atoms with Gasteiger partial charge in [-0.15, -0.1) is 11.3 Å². The Morgan fingerprint density at radius 2 is 1.40 bits per heavy atom. The zero-order valence-corrected chi connectivity index (χ0v) is 30.7. The largest absolute Gasteiger partial charge is 0.310 e. The first-order valence-corrected chi connectivity index (χ1v) is 18.3. The van der Waals surface area contributed by atoms with E-state index in [-0.39, 0.29) is 28.4 Å². The van der Waals surface area contributed by atoms with Gasteiger partial charge in [-0.1, -0.05) is 135 Å². The first kappa shape index (κ1) is 30.8. The van der Waals surface area contributed by atoms with E-state index in [0.29, 0.717) is 0 Å². The van der Waals surface area contributed by atoms with E-state index < -0.39 is 0 Å². The standard InChI is InChI=1S/C44H48BNS/c1-27-15-22-35-36(25-27)46(30-19-16-28(17-20-30)41(2,3)4)38-37-39(31-13-11-12-14-32(31)44(37,9)10)47-40(38)45(35)29-18-21-33-34(26-29)43(7,8)24-23-42(33,5)6/h11-22,25-26H,23-24H2,1-10H3. The molecule has 0 saturated heterocycles. The number of hydrogen-bond donors (Lipinski definition) is 0. The van der Waals surface area contributed by atoms with Gasteiger partial charge in [0.2, 0.25) is 0 Å². The molecule has 4 aromatic carbocycles. The Morgan fingerprint density at radius 1 is 0.723 bits per heavy atom. The van der Waals surface area contributed by atoms with Crippen LogP contribution in [0.5, 0.6) is 0 Å². The molecule has 2 heterocycles. The molecule has 238 valence electrons. The van der Waals surface area contributed by atoms with Crippen LogP contribution in [0.15, 0.2) is 84.9 Å². The van der Waals surface area contributed by atoms with Crippen LogP contribution in [0.1, 0.15) is 109 Å². The van der Waals surface area contributed by atoms with Gasteiger partial charge in [0.25, 0.3) is 6.71 Å². The van der Waals surface area contributed by atoms with E-state index in [1.165, 1.54) is 89.4 Å². The number of aryl methyl sites for hydroxylation is 1. The molecule has 0 atom stereocenters. The topological polar surface area (TPSA) is 3.24 Å². The normalized spacial score (nSPS) is 18.3. The van der Waals surface area contributed by atoms with Crippen molar-refractivity contribution in [3.63, 3.8) is 0 Å². The van der Waals surface area contributed by atoms with E-state index in [9.17, 15) is 0 Å². The lowest BCUT2D eigenvalue weighted by Crippen LogP contribution is -2.56. The van der Waals surface area contributed by atoms with Crippen molar-refractivity contribution in [1.82, 2.24) is 0 Å². The molecule has 0 fully saturated rings. The van der Waals surface area contributed by atoms with Gasteiger partial charge >= 0.3 is 0 Å². The van der Waals surface area contributed by atoms with Crippen LogP contribution in [0.2, 0.25) is 0 Å². The number of benzene rings is 4. The number of nitrogens with zero attached hydrogens (tertiary/aromatic N) is 1. The maximum absolute atomic E-state index is 2.62. The van der Waals surface area contributed by atoms with Crippen molar-refractivity contribution in [3.05, 3.63) is 118 Å². The van der Waals surface area contributed by atoms with Gasteiger partial charge in [0.05, 0.1) is 5.69 Å². The first-order valence-electron chi connectivity index (χ1n) is 17.5. The Balaban J connectivity index is 1.43. The monoisotopic (exact) mass is 633 g/mol. The summed E-state index contributed by atoms with van der Waals surface area (Å²) in [5.41, 5.74) is 17.2. The summed E-state index contributed by atoms with van der Waals surface area (Å²) in [4.78, 5) is 4.07. The highest BCUT2D eigenvalue weighted by Crippen LogP contribution is 2.57. The van der Waals surface area contributed by atoms with Crippen molar-refractivity contribution >= 4 is 50.8 Å². The second-order valence-electron chi connectivity index (χ2n) is 17.4. The van der Waals surface area contributed by atoms with Gasteiger partial charge in [-0.3, -0.25) is 0 Å².